The second-order valence-corrected chi connectivity index (χ2v) is 5.47. The van der Waals surface area contributed by atoms with Crippen LogP contribution < -0.4 is 20.7 Å². The van der Waals surface area contributed by atoms with Gasteiger partial charge in [-0.1, -0.05) is 25.0 Å². The van der Waals surface area contributed by atoms with E-state index in [1.54, 1.807) is 24.3 Å². The highest BCUT2D eigenvalue weighted by Gasteiger charge is 2.18. The Kier molecular flexibility index (Phi) is 5.96. The summed E-state index contributed by atoms with van der Waals surface area (Å²) >= 11 is 0. The summed E-state index contributed by atoms with van der Waals surface area (Å²) in [5.41, 5.74) is 0.475. The van der Waals surface area contributed by atoms with Crippen molar-refractivity contribution < 1.29 is 19.1 Å². The third kappa shape index (κ3) is 5.61. The molecule has 0 spiro atoms. The minimum atomic E-state index is -0.543. The molecule has 4 amide bonds. The number of amides is 4. The van der Waals surface area contributed by atoms with E-state index in [2.05, 4.69) is 16.0 Å². The van der Waals surface area contributed by atoms with Crippen molar-refractivity contribution in [1.82, 2.24) is 10.6 Å². The van der Waals surface area contributed by atoms with Crippen LogP contribution in [-0.4, -0.2) is 30.5 Å². The summed E-state index contributed by atoms with van der Waals surface area (Å²) in [6.45, 7) is 1.07. The van der Waals surface area contributed by atoms with E-state index in [0.29, 0.717) is 11.4 Å². The summed E-state index contributed by atoms with van der Waals surface area (Å²) in [5.74, 6) is -0.409. The number of urea groups is 1. The van der Waals surface area contributed by atoms with E-state index >= 15 is 0 Å². The largest absolute Gasteiger partial charge is 0.482 e. The Morgan fingerprint density at radius 3 is 2.57 bits per heavy atom. The molecule has 7 nitrogen and oxygen atoms in total. The lowest BCUT2D eigenvalue weighted by molar-refractivity contribution is -0.122. The molecule has 3 N–H and O–H groups in total. The molecular weight excluding hydrogens is 298 g/mol. The molecule has 1 aliphatic carbocycles. The molecule has 1 aliphatic rings. The molecule has 0 aliphatic heterocycles. The lowest BCUT2D eigenvalue weighted by Crippen LogP contribution is -2.45. The second kappa shape index (κ2) is 8.17. The Labute approximate surface area is 134 Å². The fourth-order valence-corrected chi connectivity index (χ4v) is 2.48. The quantitative estimate of drug-likeness (QED) is 0.771. The average Bonchev–Trinajstić information content (AvgIpc) is 2.98. The lowest BCUT2D eigenvalue weighted by Gasteiger charge is -2.13. The predicted octanol–water partition coefficient (Wildman–Crippen LogP) is 1.79. The Balaban J connectivity index is 1.79. The number of para-hydroxylation sites is 2. The van der Waals surface area contributed by atoms with Crippen LogP contribution in [0.5, 0.6) is 5.75 Å². The van der Waals surface area contributed by atoms with E-state index in [4.69, 9.17) is 4.74 Å². The van der Waals surface area contributed by atoms with Crippen molar-refractivity contribution in [3.8, 4) is 5.75 Å². The summed E-state index contributed by atoms with van der Waals surface area (Å²) in [5, 5.41) is 7.61. The van der Waals surface area contributed by atoms with Crippen molar-refractivity contribution in [1.29, 1.82) is 0 Å². The molecule has 0 bridgehead atoms. The summed E-state index contributed by atoms with van der Waals surface area (Å²) in [6, 6.07) is 6.42. The van der Waals surface area contributed by atoms with Crippen LogP contribution in [-0.2, 0) is 9.59 Å². The first-order valence-corrected chi connectivity index (χ1v) is 7.64. The van der Waals surface area contributed by atoms with E-state index in [9.17, 15) is 14.4 Å². The van der Waals surface area contributed by atoms with Crippen molar-refractivity contribution in [2.24, 2.45) is 0 Å². The molecule has 0 atom stereocenters. The molecular formula is C16H21N3O4. The minimum Gasteiger partial charge on any atom is -0.482 e. The Morgan fingerprint density at radius 2 is 1.87 bits per heavy atom. The first-order valence-electron chi connectivity index (χ1n) is 7.64. The normalized spacial score (nSPS) is 14.1. The zero-order valence-electron chi connectivity index (χ0n) is 13.1. The lowest BCUT2D eigenvalue weighted by atomic mass is 10.2. The number of hydrogen-bond donors (Lipinski definition) is 3. The van der Waals surface area contributed by atoms with Gasteiger partial charge < -0.3 is 15.4 Å². The Hall–Kier alpha value is -2.57. The number of benzene rings is 1. The number of imide groups is 1. The number of nitrogens with one attached hydrogen (secondary N) is 3. The maximum absolute atomic E-state index is 11.7. The maximum Gasteiger partial charge on any atom is 0.321 e. The summed E-state index contributed by atoms with van der Waals surface area (Å²) in [7, 11) is 0. The number of hydrogen-bond acceptors (Lipinski definition) is 4. The Bertz CT molecular complexity index is 582. The maximum atomic E-state index is 11.7. The van der Waals surface area contributed by atoms with Crippen molar-refractivity contribution in [2.45, 2.75) is 38.6 Å². The first kappa shape index (κ1) is 16.8. The van der Waals surface area contributed by atoms with Crippen molar-refractivity contribution >= 4 is 23.5 Å². The van der Waals surface area contributed by atoms with Gasteiger partial charge in [0.15, 0.2) is 6.61 Å². The van der Waals surface area contributed by atoms with Gasteiger partial charge in [-0.2, -0.15) is 0 Å². The molecule has 0 radical (unpaired) electrons. The number of carbonyl (C=O) groups excluding carboxylic acids is 3. The van der Waals surface area contributed by atoms with Gasteiger partial charge in [0.05, 0.1) is 5.69 Å². The standard InChI is InChI=1S/C16H21N3O4/c1-11(20)17-13-8-4-5-9-14(13)23-10-15(21)19-16(22)18-12-6-2-3-7-12/h4-5,8-9,12H,2-3,6-7,10H2,1H3,(H,17,20)(H2,18,19,21,22). The van der Waals surface area contributed by atoms with Crippen molar-refractivity contribution in [2.75, 3.05) is 11.9 Å². The average molecular weight is 319 g/mol. The fourth-order valence-electron chi connectivity index (χ4n) is 2.48. The number of rotatable bonds is 5. The van der Waals surface area contributed by atoms with E-state index in [1.807, 2.05) is 0 Å². The van der Waals surface area contributed by atoms with E-state index in [-0.39, 0.29) is 18.6 Å². The van der Waals surface area contributed by atoms with Crippen LogP contribution in [0.1, 0.15) is 32.6 Å². The topological polar surface area (TPSA) is 96.5 Å². The fraction of sp³-hybridized carbons (Fsp3) is 0.438. The van der Waals surface area contributed by atoms with Crippen LogP contribution in [0.25, 0.3) is 0 Å². The molecule has 2 rings (SSSR count). The van der Waals surface area contributed by atoms with Gasteiger partial charge in [0.25, 0.3) is 5.91 Å². The van der Waals surface area contributed by atoms with Crippen molar-refractivity contribution in [3.05, 3.63) is 24.3 Å². The van der Waals surface area contributed by atoms with Gasteiger partial charge in [0.1, 0.15) is 5.75 Å². The van der Waals surface area contributed by atoms with Gasteiger partial charge in [0, 0.05) is 13.0 Å². The highest BCUT2D eigenvalue weighted by molar-refractivity contribution is 5.95. The summed E-state index contributed by atoms with van der Waals surface area (Å²) in [4.78, 5) is 34.5. The van der Waals surface area contributed by atoms with Crippen LogP contribution >= 0.6 is 0 Å². The second-order valence-electron chi connectivity index (χ2n) is 5.47. The third-order valence-electron chi connectivity index (χ3n) is 3.50. The molecule has 7 heteroatoms. The number of ether oxygens (including phenoxy) is 1. The van der Waals surface area contributed by atoms with Gasteiger partial charge >= 0.3 is 6.03 Å². The number of carbonyl (C=O) groups is 3. The summed E-state index contributed by atoms with van der Waals surface area (Å²) < 4.78 is 5.36. The van der Waals surface area contributed by atoms with Crippen LogP contribution in [0.3, 0.4) is 0 Å². The van der Waals surface area contributed by atoms with Gasteiger partial charge in [-0.15, -0.1) is 0 Å². The molecule has 0 unspecified atom stereocenters. The van der Waals surface area contributed by atoms with Gasteiger partial charge in [-0.3, -0.25) is 14.9 Å². The van der Waals surface area contributed by atoms with Crippen molar-refractivity contribution in [3.63, 3.8) is 0 Å². The highest BCUT2D eigenvalue weighted by atomic mass is 16.5. The SMILES string of the molecule is CC(=O)Nc1ccccc1OCC(=O)NC(=O)NC1CCCC1. The van der Waals surface area contributed by atoms with Crippen LogP contribution in [0.2, 0.25) is 0 Å². The van der Waals surface area contributed by atoms with Gasteiger partial charge in [0.2, 0.25) is 5.91 Å². The minimum absolute atomic E-state index is 0.143. The molecule has 0 saturated heterocycles. The monoisotopic (exact) mass is 319 g/mol. The van der Waals surface area contributed by atoms with E-state index < -0.39 is 11.9 Å². The molecule has 0 heterocycles. The molecule has 1 saturated carbocycles. The van der Waals surface area contributed by atoms with Gasteiger partial charge in [-0.25, -0.2) is 4.79 Å². The summed E-state index contributed by atoms with van der Waals surface area (Å²) in [6.07, 6.45) is 4.09. The first-order chi connectivity index (χ1) is 11.0. The highest BCUT2D eigenvalue weighted by Crippen LogP contribution is 2.23. The molecule has 23 heavy (non-hydrogen) atoms. The zero-order chi connectivity index (χ0) is 16.7. The Morgan fingerprint density at radius 1 is 1.17 bits per heavy atom. The number of anilines is 1. The van der Waals surface area contributed by atoms with Gasteiger partial charge in [-0.05, 0) is 25.0 Å². The third-order valence-corrected chi connectivity index (χ3v) is 3.50. The van der Waals surface area contributed by atoms with Crippen LogP contribution in [0.15, 0.2) is 24.3 Å². The molecule has 1 aromatic carbocycles. The van der Waals surface area contributed by atoms with Crippen LogP contribution in [0.4, 0.5) is 10.5 Å². The smallest absolute Gasteiger partial charge is 0.321 e. The predicted molar refractivity (Wildman–Crippen MR) is 85.2 cm³/mol. The van der Waals surface area contributed by atoms with Crippen LogP contribution in [0, 0.1) is 0 Å². The molecule has 1 aromatic rings. The molecule has 124 valence electrons. The van der Waals surface area contributed by atoms with E-state index in [0.717, 1.165) is 25.7 Å². The zero-order valence-corrected chi connectivity index (χ0v) is 13.1. The molecule has 1 fully saturated rings. The van der Waals surface area contributed by atoms with E-state index in [1.165, 1.54) is 6.92 Å². The molecule has 0 aromatic heterocycles.